The van der Waals surface area contributed by atoms with Gasteiger partial charge in [-0.3, -0.25) is 9.78 Å². The highest BCUT2D eigenvalue weighted by atomic mass is 16.5. The summed E-state index contributed by atoms with van der Waals surface area (Å²) in [5, 5.41) is 3.78. The maximum Gasteiger partial charge on any atom is 0.252 e. The van der Waals surface area contributed by atoms with E-state index in [0.29, 0.717) is 24.7 Å². The number of hydrogen-bond acceptors (Lipinski definition) is 6. The predicted molar refractivity (Wildman–Crippen MR) is 118 cm³/mol. The number of fused-ring (bicyclic) bond motifs is 1. The number of amides is 1. The Morgan fingerprint density at radius 2 is 1.84 bits per heavy atom. The van der Waals surface area contributed by atoms with Crippen LogP contribution in [0.4, 0.5) is 0 Å². The van der Waals surface area contributed by atoms with E-state index in [2.05, 4.69) is 15.3 Å². The van der Waals surface area contributed by atoms with Crippen molar-refractivity contribution >= 4 is 16.8 Å². The fourth-order valence-electron chi connectivity index (χ4n) is 3.21. The molecule has 7 heteroatoms. The number of carbonyl (C=O) groups excluding carboxylic acids is 1. The SMILES string of the molecule is COCCOc1ncccc1CNC(=O)c1cc(-c2ccncc2)nc2ccccc12. The highest BCUT2D eigenvalue weighted by Gasteiger charge is 2.15. The van der Waals surface area contributed by atoms with Crippen LogP contribution in [-0.4, -0.2) is 41.2 Å². The second kappa shape index (κ2) is 9.77. The zero-order valence-electron chi connectivity index (χ0n) is 17.1. The van der Waals surface area contributed by atoms with Crippen LogP contribution in [0.5, 0.6) is 5.88 Å². The van der Waals surface area contributed by atoms with Gasteiger partial charge in [0.2, 0.25) is 5.88 Å². The number of ether oxygens (including phenoxy) is 2. The number of nitrogens with zero attached hydrogens (tertiary/aromatic N) is 3. The van der Waals surface area contributed by atoms with Gasteiger partial charge in [-0.1, -0.05) is 24.3 Å². The maximum absolute atomic E-state index is 13.2. The lowest BCUT2D eigenvalue weighted by Gasteiger charge is -2.12. The molecule has 0 saturated carbocycles. The van der Waals surface area contributed by atoms with Crippen molar-refractivity contribution in [3.05, 3.63) is 84.3 Å². The van der Waals surface area contributed by atoms with Gasteiger partial charge in [-0.15, -0.1) is 0 Å². The van der Waals surface area contributed by atoms with Gasteiger partial charge in [-0.05, 0) is 30.3 Å². The summed E-state index contributed by atoms with van der Waals surface area (Å²) in [5.41, 5.74) is 3.72. The Hall–Kier alpha value is -3.84. The van der Waals surface area contributed by atoms with Crippen molar-refractivity contribution in [2.24, 2.45) is 0 Å². The molecule has 156 valence electrons. The topological polar surface area (TPSA) is 86.2 Å². The second-order valence-electron chi connectivity index (χ2n) is 6.80. The number of pyridine rings is 3. The standard InChI is InChI=1S/C24H22N4O3/c1-30-13-14-31-24-18(5-4-10-26-24)16-27-23(29)20-15-22(17-8-11-25-12-9-17)28-21-7-3-2-6-19(20)21/h2-12,15H,13-14,16H2,1H3,(H,27,29). The molecule has 0 aliphatic carbocycles. The lowest BCUT2D eigenvalue weighted by atomic mass is 10.0. The first-order valence-corrected chi connectivity index (χ1v) is 9.90. The van der Waals surface area contributed by atoms with Crippen molar-refractivity contribution in [3.8, 4) is 17.1 Å². The van der Waals surface area contributed by atoms with E-state index in [1.807, 2.05) is 54.6 Å². The van der Waals surface area contributed by atoms with Crippen molar-refractivity contribution in [1.29, 1.82) is 0 Å². The molecule has 1 N–H and O–H groups in total. The summed E-state index contributed by atoms with van der Waals surface area (Å²) in [5.74, 6) is 0.289. The molecule has 0 atom stereocenters. The zero-order chi connectivity index (χ0) is 21.5. The van der Waals surface area contributed by atoms with Gasteiger partial charge >= 0.3 is 0 Å². The Labute approximate surface area is 180 Å². The van der Waals surface area contributed by atoms with Crippen LogP contribution < -0.4 is 10.1 Å². The number of benzene rings is 1. The van der Waals surface area contributed by atoms with Gasteiger partial charge < -0.3 is 14.8 Å². The zero-order valence-corrected chi connectivity index (χ0v) is 17.1. The Bertz CT molecular complexity index is 1180. The van der Waals surface area contributed by atoms with E-state index in [1.54, 1.807) is 25.7 Å². The second-order valence-corrected chi connectivity index (χ2v) is 6.80. The molecule has 3 heterocycles. The molecule has 1 amide bonds. The molecule has 0 saturated heterocycles. The van der Waals surface area contributed by atoms with Crippen molar-refractivity contribution < 1.29 is 14.3 Å². The minimum atomic E-state index is -0.194. The van der Waals surface area contributed by atoms with Crippen LogP contribution in [0.3, 0.4) is 0 Å². The minimum absolute atomic E-state index is 0.194. The highest BCUT2D eigenvalue weighted by molar-refractivity contribution is 6.07. The van der Waals surface area contributed by atoms with Gasteiger partial charge in [0.25, 0.3) is 5.91 Å². The van der Waals surface area contributed by atoms with Crippen LogP contribution in [-0.2, 0) is 11.3 Å². The highest BCUT2D eigenvalue weighted by Crippen LogP contribution is 2.25. The molecule has 4 aromatic rings. The molecule has 0 aliphatic rings. The average molecular weight is 414 g/mol. The van der Waals surface area contributed by atoms with Gasteiger partial charge in [0.1, 0.15) is 6.61 Å². The molecule has 0 bridgehead atoms. The molecular formula is C24H22N4O3. The van der Waals surface area contributed by atoms with Gasteiger partial charge in [0.15, 0.2) is 0 Å². The van der Waals surface area contributed by atoms with Crippen LogP contribution in [0.1, 0.15) is 15.9 Å². The Morgan fingerprint density at radius 3 is 2.68 bits per heavy atom. The van der Waals surface area contributed by atoms with E-state index < -0.39 is 0 Å². The van der Waals surface area contributed by atoms with Crippen LogP contribution >= 0.6 is 0 Å². The number of para-hydroxylation sites is 1. The molecule has 0 unspecified atom stereocenters. The van der Waals surface area contributed by atoms with E-state index in [-0.39, 0.29) is 12.5 Å². The van der Waals surface area contributed by atoms with Crippen LogP contribution in [0.15, 0.2) is 73.2 Å². The van der Waals surface area contributed by atoms with Gasteiger partial charge in [-0.2, -0.15) is 0 Å². The summed E-state index contributed by atoms with van der Waals surface area (Å²) in [6.07, 6.45) is 5.07. The Kier molecular flexibility index (Phi) is 6.44. The predicted octanol–water partition coefficient (Wildman–Crippen LogP) is 3.65. The van der Waals surface area contributed by atoms with Crippen molar-refractivity contribution in [2.45, 2.75) is 6.54 Å². The molecule has 4 rings (SSSR count). The largest absolute Gasteiger partial charge is 0.475 e. The summed E-state index contributed by atoms with van der Waals surface area (Å²) < 4.78 is 10.7. The number of methoxy groups -OCH3 is 1. The molecule has 1 aromatic carbocycles. The van der Waals surface area contributed by atoms with Gasteiger partial charge in [-0.25, -0.2) is 9.97 Å². The third-order valence-corrected chi connectivity index (χ3v) is 4.75. The summed E-state index contributed by atoms with van der Waals surface area (Å²) in [7, 11) is 1.61. The lowest BCUT2D eigenvalue weighted by Crippen LogP contribution is -2.24. The number of nitrogens with one attached hydrogen (secondary N) is 1. The summed E-state index contributed by atoms with van der Waals surface area (Å²) in [6.45, 7) is 1.14. The average Bonchev–Trinajstić information content (AvgIpc) is 2.83. The quantitative estimate of drug-likeness (QED) is 0.443. The molecule has 0 fully saturated rings. The van der Waals surface area contributed by atoms with Crippen LogP contribution in [0, 0.1) is 0 Å². The number of rotatable bonds is 8. The van der Waals surface area contributed by atoms with Crippen molar-refractivity contribution in [3.63, 3.8) is 0 Å². The monoisotopic (exact) mass is 414 g/mol. The van der Waals surface area contributed by atoms with E-state index in [4.69, 9.17) is 14.5 Å². The summed E-state index contributed by atoms with van der Waals surface area (Å²) in [4.78, 5) is 26.2. The normalized spacial score (nSPS) is 10.7. The smallest absolute Gasteiger partial charge is 0.252 e. The van der Waals surface area contributed by atoms with E-state index in [1.165, 1.54) is 0 Å². The number of carbonyl (C=O) groups is 1. The number of aromatic nitrogens is 3. The first-order chi connectivity index (χ1) is 15.3. The molecule has 0 spiro atoms. The Morgan fingerprint density at radius 1 is 1.00 bits per heavy atom. The fourth-order valence-corrected chi connectivity index (χ4v) is 3.21. The Balaban J connectivity index is 1.60. The molecule has 7 nitrogen and oxygen atoms in total. The van der Waals surface area contributed by atoms with Crippen molar-refractivity contribution in [2.75, 3.05) is 20.3 Å². The molecule has 0 aliphatic heterocycles. The van der Waals surface area contributed by atoms with Crippen LogP contribution in [0.25, 0.3) is 22.2 Å². The van der Waals surface area contributed by atoms with Gasteiger partial charge in [0.05, 0.1) is 23.4 Å². The van der Waals surface area contributed by atoms with E-state index in [9.17, 15) is 4.79 Å². The van der Waals surface area contributed by atoms with Crippen molar-refractivity contribution in [1.82, 2.24) is 20.3 Å². The molecule has 31 heavy (non-hydrogen) atoms. The van der Waals surface area contributed by atoms with E-state index >= 15 is 0 Å². The van der Waals surface area contributed by atoms with Gasteiger partial charge in [0, 0.05) is 48.8 Å². The third kappa shape index (κ3) is 4.84. The fraction of sp³-hybridized carbons (Fsp3) is 0.167. The lowest BCUT2D eigenvalue weighted by molar-refractivity contribution is 0.0951. The minimum Gasteiger partial charge on any atom is -0.475 e. The molecular weight excluding hydrogens is 392 g/mol. The summed E-state index contributed by atoms with van der Waals surface area (Å²) in [6, 6.07) is 16.9. The van der Waals surface area contributed by atoms with Crippen LogP contribution in [0.2, 0.25) is 0 Å². The summed E-state index contributed by atoms with van der Waals surface area (Å²) >= 11 is 0. The molecule has 0 radical (unpaired) electrons. The first kappa shape index (κ1) is 20.4. The third-order valence-electron chi connectivity index (χ3n) is 4.75. The number of hydrogen-bond donors (Lipinski definition) is 1. The molecule has 3 aromatic heterocycles. The maximum atomic E-state index is 13.2. The first-order valence-electron chi connectivity index (χ1n) is 9.90. The van der Waals surface area contributed by atoms with E-state index in [0.717, 1.165) is 27.7 Å².